The van der Waals surface area contributed by atoms with Gasteiger partial charge in [-0.15, -0.1) is 0 Å². The molecule has 0 heterocycles. The molecule has 17 heavy (non-hydrogen) atoms. The molecule has 2 aliphatic rings. The Morgan fingerprint density at radius 2 is 1.71 bits per heavy atom. The summed E-state index contributed by atoms with van der Waals surface area (Å²) in [5, 5.41) is 26.9. The van der Waals surface area contributed by atoms with E-state index in [1.54, 1.807) is 0 Å². The fourth-order valence-corrected chi connectivity index (χ4v) is 3.67. The summed E-state index contributed by atoms with van der Waals surface area (Å²) in [7, 11) is 0. The van der Waals surface area contributed by atoms with Gasteiger partial charge in [0, 0.05) is 12.8 Å². The van der Waals surface area contributed by atoms with E-state index in [0.717, 1.165) is 19.3 Å². The van der Waals surface area contributed by atoms with Crippen LogP contribution in [0.3, 0.4) is 0 Å². The largest absolute Gasteiger partial charge is 0.198 e. The van der Waals surface area contributed by atoms with E-state index in [4.69, 9.17) is 10.5 Å². The van der Waals surface area contributed by atoms with Crippen molar-refractivity contribution in [1.82, 2.24) is 0 Å². The van der Waals surface area contributed by atoms with Crippen LogP contribution in [-0.4, -0.2) is 0 Å². The molecule has 3 heteroatoms. The first-order valence-electron chi connectivity index (χ1n) is 6.10. The summed E-state index contributed by atoms with van der Waals surface area (Å²) in [6.45, 7) is 0. The van der Waals surface area contributed by atoms with E-state index in [-0.39, 0.29) is 11.3 Å². The molecule has 0 amide bonds. The van der Waals surface area contributed by atoms with Gasteiger partial charge < -0.3 is 0 Å². The summed E-state index contributed by atoms with van der Waals surface area (Å²) in [4.78, 5) is 0. The number of fused-ring (bicyclic) bond motifs is 2. The van der Waals surface area contributed by atoms with Crippen LogP contribution in [0.4, 0.5) is 0 Å². The topological polar surface area (TPSA) is 71.4 Å². The van der Waals surface area contributed by atoms with Crippen LogP contribution in [-0.2, 0) is 0 Å². The van der Waals surface area contributed by atoms with Crippen LogP contribution in [0.1, 0.15) is 32.1 Å². The van der Waals surface area contributed by atoms with Crippen molar-refractivity contribution in [2.75, 3.05) is 0 Å². The van der Waals surface area contributed by atoms with E-state index >= 15 is 0 Å². The van der Waals surface area contributed by atoms with E-state index in [9.17, 15) is 5.26 Å². The van der Waals surface area contributed by atoms with Crippen LogP contribution in [0.25, 0.3) is 0 Å². The summed E-state index contributed by atoms with van der Waals surface area (Å²) in [5.74, 6) is 0.750. The number of allylic oxidation sites excluding steroid dienone is 2. The standard InChI is InChI=1S/C14H15N3/c15-7-1-5-14(6-2-8-16)12-4-3-11(9-12)13(14)10-17/h3-4,11-13H,1-2,5-6,9H2. The van der Waals surface area contributed by atoms with Crippen LogP contribution in [0.15, 0.2) is 12.2 Å². The Hall–Kier alpha value is -1.79. The Morgan fingerprint density at radius 1 is 1.06 bits per heavy atom. The monoisotopic (exact) mass is 225 g/mol. The lowest BCUT2D eigenvalue weighted by atomic mass is 9.64. The lowest BCUT2D eigenvalue weighted by molar-refractivity contribution is 0.148. The molecule has 3 unspecified atom stereocenters. The lowest BCUT2D eigenvalue weighted by Gasteiger charge is -2.38. The average Bonchev–Trinajstić information content (AvgIpc) is 2.93. The minimum atomic E-state index is -0.111. The zero-order valence-electron chi connectivity index (χ0n) is 9.76. The van der Waals surface area contributed by atoms with E-state index in [1.165, 1.54) is 0 Å². The lowest BCUT2D eigenvalue weighted by Crippen LogP contribution is -2.34. The molecular weight excluding hydrogens is 210 g/mol. The Balaban J connectivity index is 2.26. The summed E-state index contributed by atoms with van der Waals surface area (Å²) in [6, 6.07) is 6.80. The van der Waals surface area contributed by atoms with Crippen molar-refractivity contribution in [2.45, 2.75) is 32.1 Å². The molecule has 0 spiro atoms. The summed E-state index contributed by atoms with van der Waals surface area (Å²) < 4.78 is 0. The molecule has 1 fully saturated rings. The first-order chi connectivity index (χ1) is 8.28. The van der Waals surface area contributed by atoms with E-state index in [1.807, 2.05) is 0 Å². The number of hydrogen-bond acceptors (Lipinski definition) is 3. The smallest absolute Gasteiger partial charge is 0.0668 e. The van der Waals surface area contributed by atoms with Gasteiger partial charge in [0.05, 0.1) is 24.1 Å². The third-order valence-electron chi connectivity index (χ3n) is 4.45. The number of hydrogen-bond donors (Lipinski definition) is 0. The highest BCUT2D eigenvalue weighted by Crippen LogP contribution is 2.60. The second kappa shape index (κ2) is 4.60. The molecule has 0 aromatic heterocycles. The Morgan fingerprint density at radius 3 is 2.24 bits per heavy atom. The molecule has 86 valence electrons. The van der Waals surface area contributed by atoms with E-state index in [2.05, 4.69) is 30.4 Å². The number of rotatable bonds is 4. The van der Waals surface area contributed by atoms with Gasteiger partial charge in [-0.25, -0.2) is 0 Å². The predicted molar refractivity (Wildman–Crippen MR) is 62.0 cm³/mol. The molecule has 2 aliphatic carbocycles. The zero-order valence-corrected chi connectivity index (χ0v) is 9.76. The normalized spacial score (nSPS) is 31.7. The highest BCUT2D eigenvalue weighted by atomic mass is 14.6. The highest BCUT2D eigenvalue weighted by Gasteiger charge is 2.55. The maximum Gasteiger partial charge on any atom is 0.0668 e. The number of nitrogens with zero attached hydrogens (tertiary/aromatic N) is 3. The second-order valence-electron chi connectivity index (χ2n) is 5.05. The zero-order chi connectivity index (χ0) is 12.3. The molecular formula is C14H15N3. The number of nitriles is 3. The van der Waals surface area contributed by atoms with Gasteiger partial charge in [0.1, 0.15) is 0 Å². The van der Waals surface area contributed by atoms with Crippen molar-refractivity contribution in [1.29, 1.82) is 15.8 Å². The van der Waals surface area contributed by atoms with Gasteiger partial charge in [0.15, 0.2) is 0 Å². The molecule has 3 atom stereocenters. The molecule has 0 radical (unpaired) electrons. The molecule has 0 aliphatic heterocycles. The van der Waals surface area contributed by atoms with Gasteiger partial charge in [-0.2, -0.15) is 15.8 Å². The third kappa shape index (κ3) is 1.71. The predicted octanol–water partition coefficient (Wildman–Crippen LogP) is 2.93. The maximum absolute atomic E-state index is 9.37. The van der Waals surface area contributed by atoms with Gasteiger partial charge in [0.25, 0.3) is 0 Å². The maximum atomic E-state index is 9.37. The Bertz CT molecular complexity index is 426. The van der Waals surface area contributed by atoms with Gasteiger partial charge in [0.2, 0.25) is 0 Å². The molecule has 0 aromatic rings. The SMILES string of the molecule is N#CCCC1(CCC#N)C2C=CC(C2)C1C#N. The highest BCUT2D eigenvalue weighted by molar-refractivity contribution is 5.24. The Kier molecular flexibility index (Phi) is 3.16. The van der Waals surface area contributed by atoms with Crippen LogP contribution in [0.5, 0.6) is 0 Å². The molecule has 3 nitrogen and oxygen atoms in total. The van der Waals surface area contributed by atoms with Crippen molar-refractivity contribution >= 4 is 0 Å². The fourth-order valence-electron chi connectivity index (χ4n) is 3.67. The van der Waals surface area contributed by atoms with E-state index in [0.29, 0.717) is 24.7 Å². The first kappa shape index (κ1) is 11.7. The minimum Gasteiger partial charge on any atom is -0.198 e. The van der Waals surface area contributed by atoms with Crippen molar-refractivity contribution in [3.05, 3.63) is 12.2 Å². The average molecular weight is 225 g/mol. The molecule has 0 saturated heterocycles. The van der Waals surface area contributed by atoms with Crippen molar-refractivity contribution < 1.29 is 0 Å². The second-order valence-corrected chi connectivity index (χ2v) is 5.05. The first-order valence-corrected chi connectivity index (χ1v) is 6.10. The van der Waals surface area contributed by atoms with Crippen molar-refractivity contribution in [2.24, 2.45) is 23.2 Å². The van der Waals surface area contributed by atoms with Gasteiger partial charge in [-0.1, -0.05) is 12.2 Å². The molecule has 2 rings (SSSR count). The molecule has 2 bridgehead atoms. The van der Waals surface area contributed by atoms with Crippen molar-refractivity contribution in [3.8, 4) is 18.2 Å². The van der Waals surface area contributed by atoms with Crippen LogP contribution in [0, 0.1) is 57.2 Å². The Labute approximate surface area is 102 Å². The van der Waals surface area contributed by atoms with Gasteiger partial charge in [-0.05, 0) is 36.5 Å². The third-order valence-corrected chi connectivity index (χ3v) is 4.45. The molecule has 1 saturated carbocycles. The van der Waals surface area contributed by atoms with E-state index < -0.39 is 0 Å². The minimum absolute atomic E-state index is 0.000741. The summed E-state index contributed by atoms with van der Waals surface area (Å²) in [6.07, 6.45) is 7.88. The fraction of sp³-hybridized carbons (Fsp3) is 0.643. The van der Waals surface area contributed by atoms with Crippen LogP contribution >= 0.6 is 0 Å². The van der Waals surface area contributed by atoms with Gasteiger partial charge in [-0.3, -0.25) is 0 Å². The van der Waals surface area contributed by atoms with Crippen LogP contribution in [0.2, 0.25) is 0 Å². The quantitative estimate of drug-likeness (QED) is 0.690. The van der Waals surface area contributed by atoms with Crippen LogP contribution < -0.4 is 0 Å². The molecule has 0 N–H and O–H groups in total. The molecule has 0 aromatic carbocycles. The summed E-state index contributed by atoms with van der Waals surface area (Å²) in [5.41, 5.74) is -0.111. The van der Waals surface area contributed by atoms with Gasteiger partial charge >= 0.3 is 0 Å². The summed E-state index contributed by atoms with van der Waals surface area (Å²) >= 11 is 0. The van der Waals surface area contributed by atoms with Crippen molar-refractivity contribution in [3.63, 3.8) is 0 Å².